The molecule has 6 nitrogen and oxygen atoms in total. The Bertz CT molecular complexity index is 680. The molecule has 0 bridgehead atoms. The van der Waals surface area contributed by atoms with Gasteiger partial charge in [0, 0.05) is 38.8 Å². The summed E-state index contributed by atoms with van der Waals surface area (Å²) in [6, 6.07) is 8.17. The first-order chi connectivity index (χ1) is 11.4. The molecule has 24 heavy (non-hydrogen) atoms. The van der Waals surface area contributed by atoms with E-state index in [0.717, 1.165) is 19.6 Å². The summed E-state index contributed by atoms with van der Waals surface area (Å²) >= 11 is 0. The number of hydrogen-bond donors (Lipinski definition) is 1. The van der Waals surface area contributed by atoms with E-state index in [1.54, 1.807) is 4.90 Å². The zero-order valence-electron chi connectivity index (χ0n) is 14.1. The average Bonchev–Trinajstić information content (AvgIpc) is 2.89. The molecule has 0 radical (unpaired) electrons. The summed E-state index contributed by atoms with van der Waals surface area (Å²) in [5.74, 6) is 0.258. The second-order valence-electron chi connectivity index (χ2n) is 6.80. The quantitative estimate of drug-likeness (QED) is 0.882. The predicted octanol–water partition coefficient (Wildman–Crippen LogP) is 1.01. The zero-order chi connectivity index (χ0) is 17.2. The topological polar surface area (TPSA) is 69.7 Å². The van der Waals surface area contributed by atoms with Crippen molar-refractivity contribution in [1.29, 1.82) is 0 Å². The number of nitrogens with zero attached hydrogens (tertiary/aromatic N) is 2. The second-order valence-corrected chi connectivity index (χ2v) is 9.03. The van der Waals surface area contributed by atoms with Crippen LogP contribution in [0.1, 0.15) is 17.5 Å². The number of benzene rings is 1. The number of carbonyl (C=O) groups is 1. The molecule has 1 aromatic rings. The number of piperazine rings is 1. The van der Waals surface area contributed by atoms with Gasteiger partial charge in [0.25, 0.3) is 0 Å². The van der Waals surface area contributed by atoms with Crippen LogP contribution in [0, 0.1) is 6.92 Å². The Balaban J connectivity index is 1.44. The summed E-state index contributed by atoms with van der Waals surface area (Å²) in [7, 11) is -2.96. The van der Waals surface area contributed by atoms with Crippen molar-refractivity contribution in [3.63, 3.8) is 0 Å². The molecule has 2 heterocycles. The van der Waals surface area contributed by atoms with Crippen molar-refractivity contribution in [2.75, 3.05) is 37.7 Å². The van der Waals surface area contributed by atoms with Gasteiger partial charge in [-0.1, -0.05) is 29.8 Å². The van der Waals surface area contributed by atoms with Crippen molar-refractivity contribution < 1.29 is 13.2 Å². The highest BCUT2D eigenvalue weighted by atomic mass is 32.2. The first kappa shape index (κ1) is 17.2. The minimum atomic E-state index is -2.96. The molecule has 2 aliphatic rings. The molecule has 0 aromatic heterocycles. The number of carbonyl (C=O) groups excluding carboxylic acids is 1. The molecule has 2 saturated heterocycles. The fourth-order valence-corrected chi connectivity index (χ4v) is 4.91. The van der Waals surface area contributed by atoms with Gasteiger partial charge < -0.3 is 10.2 Å². The lowest BCUT2D eigenvalue weighted by molar-refractivity contribution is 0.134. The Morgan fingerprint density at radius 1 is 1.17 bits per heavy atom. The third-order valence-electron chi connectivity index (χ3n) is 4.75. The molecule has 1 N–H and O–H groups in total. The Morgan fingerprint density at radius 2 is 1.83 bits per heavy atom. The number of amides is 2. The lowest BCUT2D eigenvalue weighted by Crippen LogP contribution is -2.53. The van der Waals surface area contributed by atoms with Crippen LogP contribution in [0.4, 0.5) is 4.79 Å². The van der Waals surface area contributed by atoms with Crippen LogP contribution >= 0.6 is 0 Å². The van der Waals surface area contributed by atoms with Gasteiger partial charge in [0.15, 0.2) is 9.84 Å². The van der Waals surface area contributed by atoms with E-state index < -0.39 is 9.84 Å². The molecule has 1 aromatic carbocycles. The Hall–Kier alpha value is -1.60. The fourth-order valence-electron chi connectivity index (χ4n) is 3.24. The molecule has 7 heteroatoms. The number of nitrogens with one attached hydrogen (secondary N) is 1. The lowest BCUT2D eigenvalue weighted by atomic mass is 10.1. The molecule has 1 atom stereocenters. The van der Waals surface area contributed by atoms with Crippen LogP contribution in [0.25, 0.3) is 0 Å². The van der Waals surface area contributed by atoms with Gasteiger partial charge in [0.05, 0.1) is 11.5 Å². The predicted molar refractivity (Wildman–Crippen MR) is 93.6 cm³/mol. The summed E-state index contributed by atoms with van der Waals surface area (Å²) in [4.78, 5) is 16.4. The SMILES string of the molecule is Cc1ccc(CN2CCN(C(=O)NC3CCS(=O)(=O)C3)CC2)cc1. The molecular weight excluding hydrogens is 326 g/mol. The Labute approximate surface area is 143 Å². The lowest BCUT2D eigenvalue weighted by Gasteiger charge is -2.35. The van der Waals surface area contributed by atoms with Gasteiger partial charge in [-0.05, 0) is 18.9 Å². The maximum absolute atomic E-state index is 12.3. The van der Waals surface area contributed by atoms with E-state index in [9.17, 15) is 13.2 Å². The van der Waals surface area contributed by atoms with Gasteiger partial charge in [0.2, 0.25) is 0 Å². The third kappa shape index (κ3) is 4.48. The maximum Gasteiger partial charge on any atom is 0.317 e. The van der Waals surface area contributed by atoms with E-state index in [0.29, 0.717) is 19.5 Å². The van der Waals surface area contributed by atoms with Gasteiger partial charge in [-0.3, -0.25) is 4.90 Å². The molecule has 1 unspecified atom stereocenters. The van der Waals surface area contributed by atoms with Crippen LogP contribution in [-0.4, -0.2) is 68.0 Å². The summed E-state index contributed by atoms with van der Waals surface area (Å²) in [5.41, 5.74) is 2.55. The summed E-state index contributed by atoms with van der Waals surface area (Å²) in [6.07, 6.45) is 0.529. The first-order valence-electron chi connectivity index (χ1n) is 8.45. The smallest absolute Gasteiger partial charge is 0.317 e. The molecule has 0 saturated carbocycles. The normalized spacial score (nSPS) is 24.0. The second kappa shape index (κ2) is 7.11. The minimum Gasteiger partial charge on any atom is -0.334 e. The van der Waals surface area contributed by atoms with E-state index >= 15 is 0 Å². The summed E-state index contributed by atoms with van der Waals surface area (Å²) in [6.45, 7) is 6.01. The Kier molecular flexibility index (Phi) is 5.10. The van der Waals surface area contributed by atoms with Crippen molar-refractivity contribution in [2.24, 2.45) is 0 Å². The number of sulfone groups is 1. The van der Waals surface area contributed by atoms with Crippen LogP contribution in [0.15, 0.2) is 24.3 Å². The highest BCUT2D eigenvalue weighted by Crippen LogP contribution is 2.13. The molecule has 2 aliphatic heterocycles. The average molecular weight is 351 g/mol. The zero-order valence-corrected chi connectivity index (χ0v) is 14.9. The number of urea groups is 1. The van der Waals surface area contributed by atoms with Crippen molar-refractivity contribution in [3.05, 3.63) is 35.4 Å². The van der Waals surface area contributed by atoms with E-state index in [1.807, 2.05) is 0 Å². The first-order valence-corrected chi connectivity index (χ1v) is 10.3. The number of rotatable bonds is 3. The summed E-state index contributed by atoms with van der Waals surface area (Å²) in [5, 5.41) is 2.86. The van der Waals surface area contributed by atoms with Crippen molar-refractivity contribution in [1.82, 2.24) is 15.1 Å². The minimum absolute atomic E-state index is 0.0755. The van der Waals surface area contributed by atoms with Crippen molar-refractivity contribution in [2.45, 2.75) is 25.9 Å². The van der Waals surface area contributed by atoms with Gasteiger partial charge in [-0.25, -0.2) is 13.2 Å². The van der Waals surface area contributed by atoms with E-state index in [2.05, 4.69) is 41.4 Å². The van der Waals surface area contributed by atoms with Crippen molar-refractivity contribution in [3.8, 4) is 0 Å². The van der Waals surface area contributed by atoms with E-state index in [4.69, 9.17) is 0 Å². The fraction of sp³-hybridized carbons (Fsp3) is 0.588. The highest BCUT2D eigenvalue weighted by molar-refractivity contribution is 7.91. The van der Waals surface area contributed by atoms with Gasteiger partial charge >= 0.3 is 6.03 Å². The highest BCUT2D eigenvalue weighted by Gasteiger charge is 2.30. The van der Waals surface area contributed by atoms with Crippen LogP contribution < -0.4 is 5.32 Å². The van der Waals surface area contributed by atoms with E-state index in [1.165, 1.54) is 11.1 Å². The number of hydrogen-bond acceptors (Lipinski definition) is 4. The Morgan fingerprint density at radius 3 is 2.42 bits per heavy atom. The summed E-state index contributed by atoms with van der Waals surface area (Å²) < 4.78 is 22.9. The molecule has 0 aliphatic carbocycles. The third-order valence-corrected chi connectivity index (χ3v) is 6.51. The molecule has 3 rings (SSSR count). The standard InChI is InChI=1S/C17H25N3O3S/c1-14-2-4-15(5-3-14)12-19-7-9-20(10-8-19)17(21)18-16-6-11-24(22,23)13-16/h2-5,16H,6-13H2,1H3,(H,18,21). The van der Waals surface area contributed by atoms with Crippen molar-refractivity contribution >= 4 is 15.9 Å². The van der Waals surface area contributed by atoms with E-state index in [-0.39, 0.29) is 23.6 Å². The molecule has 0 spiro atoms. The largest absolute Gasteiger partial charge is 0.334 e. The number of aryl methyl sites for hydroxylation is 1. The molecule has 2 fully saturated rings. The van der Waals surface area contributed by atoms with Crippen LogP contribution in [0.3, 0.4) is 0 Å². The monoisotopic (exact) mass is 351 g/mol. The van der Waals surface area contributed by atoms with Gasteiger partial charge in [0.1, 0.15) is 0 Å². The van der Waals surface area contributed by atoms with Crippen LogP contribution in [-0.2, 0) is 16.4 Å². The van der Waals surface area contributed by atoms with Crippen LogP contribution in [0.5, 0.6) is 0 Å². The van der Waals surface area contributed by atoms with Gasteiger partial charge in [-0.2, -0.15) is 0 Å². The van der Waals surface area contributed by atoms with Crippen LogP contribution in [0.2, 0.25) is 0 Å². The maximum atomic E-state index is 12.3. The molecular formula is C17H25N3O3S. The van der Waals surface area contributed by atoms with Gasteiger partial charge in [-0.15, -0.1) is 0 Å². The molecule has 132 valence electrons. The molecule has 2 amide bonds.